The second-order valence-electron chi connectivity index (χ2n) is 3.57. The fourth-order valence-corrected chi connectivity index (χ4v) is 1.58. The maximum atomic E-state index is 9.37. The molecule has 6 heteroatoms. The van der Waals surface area contributed by atoms with Crippen molar-refractivity contribution in [2.75, 3.05) is 18.0 Å². The molecule has 15 heavy (non-hydrogen) atoms. The zero-order chi connectivity index (χ0) is 10.8. The number of nitrogens with zero attached hydrogens (tertiary/aromatic N) is 3. The Labute approximate surface area is 86.8 Å². The summed E-state index contributed by atoms with van der Waals surface area (Å²) in [7, 11) is 0. The Bertz CT molecular complexity index is 337. The third-order valence-electron chi connectivity index (χ3n) is 2.42. The van der Waals surface area contributed by atoms with Gasteiger partial charge in [0.25, 0.3) is 0 Å². The van der Waals surface area contributed by atoms with Gasteiger partial charge < -0.3 is 20.2 Å². The zero-order valence-corrected chi connectivity index (χ0v) is 8.11. The molecule has 0 spiro atoms. The summed E-state index contributed by atoms with van der Waals surface area (Å²) < 4.78 is 0. The van der Waals surface area contributed by atoms with Gasteiger partial charge in [0.2, 0.25) is 0 Å². The van der Waals surface area contributed by atoms with E-state index in [1.165, 1.54) is 6.20 Å². The quantitative estimate of drug-likeness (QED) is 0.552. The average molecular weight is 211 g/mol. The molecule has 0 saturated carbocycles. The monoisotopic (exact) mass is 211 g/mol. The number of anilines is 1. The van der Waals surface area contributed by atoms with E-state index in [1.807, 2.05) is 0 Å². The molecule has 6 nitrogen and oxygen atoms in total. The second-order valence-corrected chi connectivity index (χ2v) is 3.57. The van der Waals surface area contributed by atoms with Gasteiger partial charge in [-0.25, -0.2) is 4.98 Å². The molecule has 1 aromatic rings. The van der Waals surface area contributed by atoms with Gasteiger partial charge >= 0.3 is 0 Å². The molecule has 2 heterocycles. The number of aliphatic hydroxyl groups excluding tert-OH is 3. The molecule has 82 valence electrons. The van der Waals surface area contributed by atoms with Crippen LogP contribution in [0.3, 0.4) is 0 Å². The fourth-order valence-electron chi connectivity index (χ4n) is 1.58. The van der Waals surface area contributed by atoms with Crippen molar-refractivity contribution in [3.63, 3.8) is 0 Å². The smallest absolute Gasteiger partial charge is 0.147 e. The molecule has 2 unspecified atom stereocenters. The van der Waals surface area contributed by atoms with Crippen LogP contribution in [-0.4, -0.2) is 50.6 Å². The van der Waals surface area contributed by atoms with Crippen molar-refractivity contribution >= 4 is 5.82 Å². The Morgan fingerprint density at radius 3 is 2.53 bits per heavy atom. The molecule has 1 saturated heterocycles. The van der Waals surface area contributed by atoms with Crippen LogP contribution in [0, 0.1) is 0 Å². The van der Waals surface area contributed by atoms with Crippen molar-refractivity contribution in [2.45, 2.75) is 18.8 Å². The van der Waals surface area contributed by atoms with E-state index < -0.39 is 12.2 Å². The summed E-state index contributed by atoms with van der Waals surface area (Å²) in [6.45, 7) is 0.509. The van der Waals surface area contributed by atoms with E-state index >= 15 is 0 Å². The maximum absolute atomic E-state index is 9.37. The molecule has 0 aromatic carbocycles. The lowest BCUT2D eigenvalue weighted by Crippen LogP contribution is -2.22. The van der Waals surface area contributed by atoms with Crippen LogP contribution in [0.4, 0.5) is 5.82 Å². The Morgan fingerprint density at radius 1 is 1.27 bits per heavy atom. The first-order chi connectivity index (χ1) is 7.20. The van der Waals surface area contributed by atoms with Gasteiger partial charge in [0, 0.05) is 13.1 Å². The van der Waals surface area contributed by atoms with Gasteiger partial charge in [0.05, 0.1) is 36.9 Å². The van der Waals surface area contributed by atoms with Crippen molar-refractivity contribution in [3.8, 4) is 0 Å². The summed E-state index contributed by atoms with van der Waals surface area (Å²) in [6, 6.07) is 0. The molecular weight excluding hydrogens is 198 g/mol. The van der Waals surface area contributed by atoms with Crippen LogP contribution >= 0.6 is 0 Å². The number of hydrogen-bond donors (Lipinski definition) is 3. The number of aromatic nitrogens is 2. The largest absolute Gasteiger partial charge is 0.390 e. The van der Waals surface area contributed by atoms with Gasteiger partial charge in [-0.2, -0.15) is 0 Å². The van der Waals surface area contributed by atoms with E-state index in [2.05, 4.69) is 9.97 Å². The third-order valence-corrected chi connectivity index (χ3v) is 2.42. The molecule has 0 radical (unpaired) electrons. The predicted octanol–water partition coefficient (Wildman–Crippen LogP) is -1.49. The third kappa shape index (κ3) is 2.06. The first-order valence-electron chi connectivity index (χ1n) is 4.73. The summed E-state index contributed by atoms with van der Waals surface area (Å²) >= 11 is 0. The maximum Gasteiger partial charge on any atom is 0.147 e. The Kier molecular flexibility index (Phi) is 2.81. The molecule has 2 rings (SSSR count). The SMILES string of the molecule is OCc1cncc(N2CC(O)C(O)C2)n1. The van der Waals surface area contributed by atoms with E-state index in [0.29, 0.717) is 24.6 Å². The minimum Gasteiger partial charge on any atom is -0.390 e. The summed E-state index contributed by atoms with van der Waals surface area (Å²) in [6.07, 6.45) is 1.53. The topological polar surface area (TPSA) is 89.7 Å². The lowest BCUT2D eigenvalue weighted by atomic mass is 10.3. The molecule has 1 aromatic heterocycles. The van der Waals surface area contributed by atoms with E-state index in [9.17, 15) is 10.2 Å². The van der Waals surface area contributed by atoms with Crippen LogP contribution in [0.2, 0.25) is 0 Å². The Balaban J connectivity index is 2.16. The number of rotatable bonds is 2. The fraction of sp³-hybridized carbons (Fsp3) is 0.556. The minimum atomic E-state index is -0.746. The van der Waals surface area contributed by atoms with Gasteiger partial charge in [0.1, 0.15) is 5.82 Å². The molecule has 0 aliphatic carbocycles. The highest BCUT2D eigenvalue weighted by molar-refractivity contribution is 5.38. The van der Waals surface area contributed by atoms with Crippen molar-refractivity contribution in [1.29, 1.82) is 0 Å². The lowest BCUT2D eigenvalue weighted by molar-refractivity contribution is 0.0572. The van der Waals surface area contributed by atoms with Crippen LogP contribution in [-0.2, 0) is 6.61 Å². The Hall–Kier alpha value is -1.24. The number of β-amino-alcohol motifs (C(OH)–C–C–N with tert-alkyl or cyclic N) is 2. The molecule has 0 bridgehead atoms. The van der Waals surface area contributed by atoms with E-state index in [-0.39, 0.29) is 6.61 Å². The first-order valence-corrected chi connectivity index (χ1v) is 4.73. The summed E-state index contributed by atoms with van der Waals surface area (Å²) in [5.74, 6) is 0.567. The van der Waals surface area contributed by atoms with Gasteiger partial charge in [0.15, 0.2) is 0 Å². The average Bonchev–Trinajstić information content (AvgIpc) is 2.59. The number of aliphatic hydroxyl groups is 3. The molecule has 1 fully saturated rings. The predicted molar refractivity (Wildman–Crippen MR) is 52.2 cm³/mol. The van der Waals surface area contributed by atoms with E-state index in [1.54, 1.807) is 11.1 Å². The van der Waals surface area contributed by atoms with Gasteiger partial charge in [-0.1, -0.05) is 0 Å². The van der Waals surface area contributed by atoms with Crippen LogP contribution in [0.1, 0.15) is 5.69 Å². The normalized spacial score (nSPS) is 25.9. The molecule has 1 aliphatic rings. The molecule has 2 atom stereocenters. The standard InChI is InChI=1S/C9H13N3O3/c13-5-6-1-10-2-9(11-6)12-3-7(14)8(15)4-12/h1-2,7-8,13-15H,3-5H2. The highest BCUT2D eigenvalue weighted by Gasteiger charge is 2.30. The lowest BCUT2D eigenvalue weighted by Gasteiger charge is -2.15. The Morgan fingerprint density at radius 2 is 1.93 bits per heavy atom. The van der Waals surface area contributed by atoms with Crippen molar-refractivity contribution in [2.24, 2.45) is 0 Å². The highest BCUT2D eigenvalue weighted by Crippen LogP contribution is 2.17. The second kappa shape index (κ2) is 4.09. The van der Waals surface area contributed by atoms with Crippen LogP contribution in [0.25, 0.3) is 0 Å². The van der Waals surface area contributed by atoms with Gasteiger partial charge in [-0.3, -0.25) is 4.98 Å². The molecule has 3 N–H and O–H groups in total. The van der Waals surface area contributed by atoms with Crippen LogP contribution in [0.15, 0.2) is 12.4 Å². The minimum absolute atomic E-state index is 0.167. The van der Waals surface area contributed by atoms with Crippen molar-refractivity contribution < 1.29 is 15.3 Å². The highest BCUT2D eigenvalue weighted by atomic mass is 16.3. The molecule has 1 aliphatic heterocycles. The summed E-state index contributed by atoms with van der Waals surface area (Å²) in [4.78, 5) is 9.79. The van der Waals surface area contributed by atoms with Gasteiger partial charge in [-0.15, -0.1) is 0 Å². The molecular formula is C9H13N3O3. The van der Waals surface area contributed by atoms with Crippen LogP contribution < -0.4 is 4.90 Å². The van der Waals surface area contributed by atoms with Gasteiger partial charge in [-0.05, 0) is 0 Å². The summed E-state index contributed by atoms with van der Waals surface area (Å²) in [5.41, 5.74) is 0.475. The van der Waals surface area contributed by atoms with Crippen molar-refractivity contribution in [3.05, 3.63) is 18.1 Å². The first kappa shape index (κ1) is 10.3. The van der Waals surface area contributed by atoms with E-state index in [4.69, 9.17) is 5.11 Å². The molecule has 0 amide bonds. The van der Waals surface area contributed by atoms with Crippen LogP contribution in [0.5, 0.6) is 0 Å². The van der Waals surface area contributed by atoms with Crippen molar-refractivity contribution in [1.82, 2.24) is 9.97 Å². The zero-order valence-electron chi connectivity index (χ0n) is 8.11. The number of hydrogen-bond acceptors (Lipinski definition) is 6. The summed E-state index contributed by atoms with van der Waals surface area (Å²) in [5, 5.41) is 27.6. The van der Waals surface area contributed by atoms with E-state index in [0.717, 1.165) is 0 Å².